The fourth-order valence-corrected chi connectivity index (χ4v) is 6.73. The van der Waals surface area contributed by atoms with Crippen LogP contribution in [0, 0.1) is 12.7 Å². The van der Waals surface area contributed by atoms with E-state index in [9.17, 15) is 0 Å². The molecule has 0 radical (unpaired) electrons. The number of hydrogen-bond acceptors (Lipinski definition) is 8. The molecule has 1 saturated carbocycles. The highest BCUT2D eigenvalue weighted by Crippen LogP contribution is 2.51. The molecule has 46 heavy (non-hydrogen) atoms. The van der Waals surface area contributed by atoms with Crippen LogP contribution in [0.25, 0.3) is 33.1 Å². The fourth-order valence-electron chi connectivity index (χ4n) is 6.73. The summed E-state index contributed by atoms with van der Waals surface area (Å²) in [6, 6.07) is 11.9. The number of rotatable bonds is 8. The van der Waals surface area contributed by atoms with E-state index in [-0.39, 0.29) is 36.2 Å². The van der Waals surface area contributed by atoms with Gasteiger partial charge < -0.3 is 18.9 Å². The molecule has 0 N–H and O–H groups in total. The van der Waals surface area contributed by atoms with Crippen LogP contribution in [-0.2, 0) is 9.47 Å². The summed E-state index contributed by atoms with van der Waals surface area (Å²) >= 11 is 0. The maximum absolute atomic E-state index is 16.1. The molecule has 1 aliphatic carbocycles. The van der Waals surface area contributed by atoms with Crippen molar-refractivity contribution in [3.63, 3.8) is 0 Å². The average Bonchev–Trinajstić information content (AvgIpc) is 3.86. The van der Waals surface area contributed by atoms with Crippen molar-refractivity contribution in [2.75, 3.05) is 19.8 Å². The van der Waals surface area contributed by atoms with E-state index in [0.717, 1.165) is 72.7 Å². The molecule has 2 atom stereocenters. The predicted octanol–water partition coefficient (Wildman–Crippen LogP) is 7.76. The molecule has 1 unspecified atom stereocenters. The Balaban J connectivity index is 1.36. The molecule has 0 spiro atoms. The van der Waals surface area contributed by atoms with Gasteiger partial charge in [0.15, 0.2) is 12.0 Å². The van der Waals surface area contributed by atoms with Gasteiger partial charge in [-0.25, -0.2) is 19.0 Å². The number of hydrogen-bond donors (Lipinski definition) is 0. The minimum atomic E-state index is -0.324. The van der Waals surface area contributed by atoms with Gasteiger partial charge in [0, 0.05) is 47.9 Å². The molecule has 3 aliphatic rings. The first-order valence-electron chi connectivity index (χ1n) is 16.5. The summed E-state index contributed by atoms with van der Waals surface area (Å²) in [6.07, 6.45) is 9.40. The van der Waals surface area contributed by atoms with Crippen molar-refractivity contribution in [2.45, 2.75) is 83.1 Å². The Kier molecular flexibility index (Phi) is 7.78. The number of nitrogens with zero attached hydrogens (tertiary/aromatic N) is 5. The van der Waals surface area contributed by atoms with Crippen LogP contribution in [0.2, 0.25) is 0 Å². The molecule has 2 aliphatic heterocycles. The molecule has 10 heteroatoms. The van der Waals surface area contributed by atoms with Gasteiger partial charge in [-0.3, -0.25) is 0 Å². The number of benzene rings is 2. The number of pyridine rings is 1. The van der Waals surface area contributed by atoms with Crippen LogP contribution in [0.1, 0.15) is 86.9 Å². The molecular weight excluding hydrogens is 585 g/mol. The maximum Gasteiger partial charge on any atom is 0.317 e. The molecule has 5 heterocycles. The number of halogens is 1. The lowest BCUT2D eigenvalue weighted by molar-refractivity contribution is -0.0366. The van der Waals surface area contributed by atoms with Crippen LogP contribution in [0.15, 0.2) is 48.8 Å². The van der Waals surface area contributed by atoms with Crippen LogP contribution < -0.4 is 9.47 Å². The van der Waals surface area contributed by atoms with E-state index in [1.807, 2.05) is 55.1 Å². The van der Waals surface area contributed by atoms with Crippen molar-refractivity contribution in [3.05, 3.63) is 71.4 Å². The van der Waals surface area contributed by atoms with Crippen molar-refractivity contribution < 1.29 is 23.3 Å². The summed E-state index contributed by atoms with van der Waals surface area (Å²) in [4.78, 5) is 14.7. The summed E-state index contributed by atoms with van der Waals surface area (Å²) in [5.41, 5.74) is 5.76. The van der Waals surface area contributed by atoms with Crippen LogP contribution in [0.5, 0.6) is 11.8 Å². The molecule has 2 saturated heterocycles. The first-order valence-corrected chi connectivity index (χ1v) is 16.5. The second kappa shape index (κ2) is 12.2. The van der Waals surface area contributed by atoms with Gasteiger partial charge in [-0.15, -0.1) is 0 Å². The molecule has 2 aromatic carbocycles. The van der Waals surface area contributed by atoms with E-state index in [1.54, 1.807) is 12.3 Å². The van der Waals surface area contributed by atoms with Gasteiger partial charge in [0.05, 0.1) is 36.8 Å². The van der Waals surface area contributed by atoms with Gasteiger partial charge in [0.1, 0.15) is 29.1 Å². The molecular formula is C36H38FN5O4. The van der Waals surface area contributed by atoms with Crippen molar-refractivity contribution in [3.8, 4) is 22.9 Å². The standard InChI is InChI=1S/C36H38FN5O4/c1-21-27(37)18-29-26(19-39-42(29)30-10-6-7-15-44-30)31(21)32-33(24-11-12-24)40-28-20-38-36(46-25-13-16-43-17-14-25)41-34(28)35(32)45-22(2)23-8-4-3-5-9-23/h3-5,8-9,18-20,22,24-25,30H,6-7,10-17H2,1-2H3/t22-,30?/m0/s1. The zero-order valence-electron chi connectivity index (χ0n) is 26.2. The van der Waals surface area contributed by atoms with Crippen molar-refractivity contribution in [2.24, 2.45) is 0 Å². The summed E-state index contributed by atoms with van der Waals surface area (Å²) in [5.74, 6) is 0.468. The van der Waals surface area contributed by atoms with Crippen molar-refractivity contribution in [1.29, 1.82) is 0 Å². The molecule has 0 amide bonds. The van der Waals surface area contributed by atoms with Gasteiger partial charge in [0.2, 0.25) is 0 Å². The van der Waals surface area contributed by atoms with Gasteiger partial charge >= 0.3 is 6.01 Å². The quantitative estimate of drug-likeness (QED) is 0.173. The molecule has 0 bridgehead atoms. The number of fused-ring (bicyclic) bond motifs is 2. The monoisotopic (exact) mass is 623 g/mol. The first kappa shape index (κ1) is 29.3. The number of ether oxygens (including phenoxy) is 4. The highest BCUT2D eigenvalue weighted by molar-refractivity contribution is 6.02. The summed E-state index contributed by atoms with van der Waals surface area (Å²) in [5, 5.41) is 5.60. The van der Waals surface area contributed by atoms with E-state index >= 15 is 4.39 Å². The van der Waals surface area contributed by atoms with Crippen molar-refractivity contribution >= 4 is 21.9 Å². The Hall–Kier alpha value is -4.15. The second-order valence-electron chi connectivity index (χ2n) is 12.7. The van der Waals surface area contributed by atoms with E-state index in [0.29, 0.717) is 47.7 Å². The second-order valence-corrected chi connectivity index (χ2v) is 12.7. The van der Waals surface area contributed by atoms with Crippen LogP contribution in [0.3, 0.4) is 0 Å². The summed E-state index contributed by atoms with van der Waals surface area (Å²) in [7, 11) is 0. The van der Waals surface area contributed by atoms with Crippen molar-refractivity contribution in [1.82, 2.24) is 24.7 Å². The fraction of sp³-hybridized carbons (Fsp3) is 0.444. The van der Waals surface area contributed by atoms with Gasteiger partial charge in [-0.2, -0.15) is 10.1 Å². The third-order valence-electron chi connectivity index (χ3n) is 9.43. The Morgan fingerprint density at radius 3 is 2.54 bits per heavy atom. The van der Waals surface area contributed by atoms with E-state index in [1.165, 1.54) is 0 Å². The zero-order chi connectivity index (χ0) is 31.2. The van der Waals surface area contributed by atoms with E-state index in [2.05, 4.69) is 4.98 Å². The third-order valence-corrected chi connectivity index (χ3v) is 9.43. The third kappa shape index (κ3) is 5.47. The lowest BCUT2D eigenvalue weighted by Crippen LogP contribution is -2.26. The SMILES string of the molecule is Cc1c(F)cc2c(cnn2C2CCCCO2)c1-c1c(C2CC2)nc2cnc(OC3CCOCC3)nc2c1O[C@@H](C)c1ccccc1. The lowest BCUT2D eigenvalue weighted by atomic mass is 9.92. The normalized spacial score (nSPS) is 19.8. The Morgan fingerprint density at radius 1 is 0.957 bits per heavy atom. The van der Waals surface area contributed by atoms with E-state index in [4.69, 9.17) is 34.0 Å². The highest BCUT2D eigenvalue weighted by Gasteiger charge is 2.35. The number of aromatic nitrogens is 5. The predicted molar refractivity (Wildman–Crippen MR) is 172 cm³/mol. The van der Waals surface area contributed by atoms with Gasteiger partial charge in [0.25, 0.3) is 0 Å². The first-order chi connectivity index (χ1) is 22.5. The van der Waals surface area contributed by atoms with Crippen LogP contribution >= 0.6 is 0 Å². The van der Waals surface area contributed by atoms with Gasteiger partial charge in [-0.1, -0.05) is 30.3 Å². The smallest absolute Gasteiger partial charge is 0.317 e. The van der Waals surface area contributed by atoms with E-state index < -0.39 is 0 Å². The maximum atomic E-state index is 16.1. The lowest BCUT2D eigenvalue weighted by Gasteiger charge is -2.25. The van der Waals surface area contributed by atoms with Gasteiger partial charge in [-0.05, 0) is 57.1 Å². The summed E-state index contributed by atoms with van der Waals surface area (Å²) in [6.45, 7) is 5.80. The molecule has 9 nitrogen and oxygen atoms in total. The zero-order valence-corrected chi connectivity index (χ0v) is 26.2. The Bertz CT molecular complexity index is 1880. The largest absolute Gasteiger partial charge is 0.483 e. The van der Waals surface area contributed by atoms with Crippen LogP contribution in [0.4, 0.5) is 4.39 Å². The molecule has 5 aromatic rings. The minimum Gasteiger partial charge on any atom is -0.483 e. The molecule has 8 rings (SSSR count). The molecule has 3 aromatic heterocycles. The summed E-state index contributed by atoms with van der Waals surface area (Å²) < 4.78 is 42.7. The Morgan fingerprint density at radius 2 is 1.78 bits per heavy atom. The topological polar surface area (TPSA) is 93.4 Å². The highest BCUT2D eigenvalue weighted by atomic mass is 19.1. The average molecular weight is 624 g/mol. The molecule has 3 fully saturated rings. The minimum absolute atomic E-state index is 0.0325. The molecule has 238 valence electrons. The van der Waals surface area contributed by atoms with Crippen LogP contribution in [-0.4, -0.2) is 50.7 Å². The Labute approximate surface area is 267 Å².